The van der Waals surface area contributed by atoms with Gasteiger partial charge in [-0.05, 0) is 85.3 Å². The Labute approximate surface area is 280 Å². The molecule has 4 heterocycles. The smallest absolute Gasteiger partial charge is 0.227 e. The molecule has 2 atom stereocenters. The second-order valence-electron chi connectivity index (χ2n) is 12.7. The molecule has 6 aromatic rings. The molecule has 0 unspecified atom stereocenters. The van der Waals surface area contributed by atoms with E-state index in [0.717, 1.165) is 90.0 Å². The topological polar surface area (TPSA) is 98.9 Å². The van der Waals surface area contributed by atoms with Crippen LogP contribution in [0.5, 0.6) is 11.5 Å². The normalized spacial score (nSPS) is 19.1. The Kier molecular flexibility index (Phi) is 8.08. The standard InChI is InChI=1S/C40H38N6O2/c47-37(24-28-10-3-1-4-11-28)46-23-8-16-36(46)38-41-26-35(44-38)30-12-7-15-33(25-30)48-32-19-17-29(18-20-32)34-27-42-39(45-34)40(21-9-22-43-40)31-13-5-2-6-14-31/h1-7,10-15,17-20,25-27,36,43H,8-9,16,21-24H2,(H,41,44)(H,42,45)/t36-,40-/m0/s1. The van der Waals surface area contributed by atoms with E-state index in [1.54, 1.807) is 0 Å². The third-order valence-corrected chi connectivity index (χ3v) is 9.63. The molecule has 2 aromatic heterocycles. The molecule has 4 aromatic carbocycles. The van der Waals surface area contributed by atoms with Crippen molar-refractivity contribution in [1.82, 2.24) is 30.2 Å². The predicted molar refractivity (Wildman–Crippen MR) is 186 cm³/mol. The zero-order valence-corrected chi connectivity index (χ0v) is 26.7. The van der Waals surface area contributed by atoms with Crippen molar-refractivity contribution >= 4 is 5.91 Å². The van der Waals surface area contributed by atoms with E-state index in [2.05, 4.69) is 57.7 Å². The molecule has 8 heteroatoms. The van der Waals surface area contributed by atoms with Crippen LogP contribution >= 0.6 is 0 Å². The zero-order valence-electron chi connectivity index (χ0n) is 26.7. The molecule has 0 saturated carbocycles. The van der Waals surface area contributed by atoms with Crippen LogP contribution < -0.4 is 10.1 Å². The Morgan fingerprint density at radius 1 is 0.792 bits per heavy atom. The maximum absolute atomic E-state index is 13.2. The molecule has 0 aliphatic carbocycles. The number of nitrogens with one attached hydrogen (secondary N) is 3. The minimum Gasteiger partial charge on any atom is -0.457 e. The van der Waals surface area contributed by atoms with Crippen molar-refractivity contribution in [2.75, 3.05) is 13.1 Å². The lowest BCUT2D eigenvalue weighted by Gasteiger charge is -2.28. The van der Waals surface area contributed by atoms with E-state index in [1.807, 2.05) is 84.0 Å². The summed E-state index contributed by atoms with van der Waals surface area (Å²) in [7, 11) is 0. The molecule has 8 nitrogen and oxygen atoms in total. The number of nitrogens with zero attached hydrogens (tertiary/aromatic N) is 3. The van der Waals surface area contributed by atoms with Crippen LogP contribution in [0.25, 0.3) is 22.5 Å². The minimum absolute atomic E-state index is 0.0443. The zero-order chi connectivity index (χ0) is 32.3. The molecular weight excluding hydrogens is 596 g/mol. The highest BCUT2D eigenvalue weighted by Gasteiger charge is 2.39. The van der Waals surface area contributed by atoms with Crippen molar-refractivity contribution in [2.24, 2.45) is 0 Å². The van der Waals surface area contributed by atoms with Gasteiger partial charge in [-0.2, -0.15) is 0 Å². The van der Waals surface area contributed by atoms with Gasteiger partial charge in [0.2, 0.25) is 5.91 Å². The van der Waals surface area contributed by atoms with Crippen LogP contribution in [-0.4, -0.2) is 43.8 Å². The van der Waals surface area contributed by atoms with Gasteiger partial charge in [0.15, 0.2) is 0 Å². The van der Waals surface area contributed by atoms with Gasteiger partial charge in [-0.15, -0.1) is 0 Å². The maximum atomic E-state index is 13.2. The first kappa shape index (κ1) is 29.9. The summed E-state index contributed by atoms with van der Waals surface area (Å²) < 4.78 is 6.28. The first-order valence-corrected chi connectivity index (χ1v) is 16.8. The lowest BCUT2D eigenvalue weighted by atomic mass is 9.87. The van der Waals surface area contributed by atoms with Crippen LogP contribution in [0.15, 0.2) is 122 Å². The summed E-state index contributed by atoms with van der Waals surface area (Å²) in [5.41, 5.74) is 5.86. The highest BCUT2D eigenvalue weighted by Crippen LogP contribution is 2.37. The molecule has 2 aliphatic heterocycles. The second kappa shape index (κ2) is 13.0. The second-order valence-corrected chi connectivity index (χ2v) is 12.7. The summed E-state index contributed by atoms with van der Waals surface area (Å²) in [6.45, 7) is 1.72. The molecule has 0 spiro atoms. The van der Waals surface area contributed by atoms with Crippen LogP contribution in [0.3, 0.4) is 0 Å². The molecule has 2 aliphatic rings. The molecule has 8 rings (SSSR count). The number of carbonyl (C=O) groups is 1. The summed E-state index contributed by atoms with van der Waals surface area (Å²) in [5.74, 6) is 3.39. The number of amides is 1. The Morgan fingerprint density at radius 2 is 1.56 bits per heavy atom. The Balaban J connectivity index is 0.946. The lowest BCUT2D eigenvalue weighted by molar-refractivity contribution is -0.131. The molecule has 0 bridgehead atoms. The van der Waals surface area contributed by atoms with E-state index in [0.29, 0.717) is 6.42 Å². The van der Waals surface area contributed by atoms with Gasteiger partial charge in [0.1, 0.15) is 28.7 Å². The molecule has 48 heavy (non-hydrogen) atoms. The van der Waals surface area contributed by atoms with Crippen molar-refractivity contribution < 1.29 is 9.53 Å². The van der Waals surface area contributed by atoms with Gasteiger partial charge < -0.3 is 24.9 Å². The van der Waals surface area contributed by atoms with Gasteiger partial charge in [0.05, 0.1) is 36.2 Å². The van der Waals surface area contributed by atoms with Gasteiger partial charge in [0.25, 0.3) is 0 Å². The van der Waals surface area contributed by atoms with E-state index < -0.39 is 0 Å². The molecule has 2 fully saturated rings. The van der Waals surface area contributed by atoms with Crippen LogP contribution in [-0.2, 0) is 16.8 Å². The fourth-order valence-electron chi connectivity index (χ4n) is 7.18. The van der Waals surface area contributed by atoms with E-state index in [1.165, 1.54) is 5.56 Å². The summed E-state index contributed by atoms with van der Waals surface area (Å²) >= 11 is 0. The fourth-order valence-corrected chi connectivity index (χ4v) is 7.18. The fraction of sp³-hybridized carbons (Fsp3) is 0.225. The summed E-state index contributed by atoms with van der Waals surface area (Å²) in [6, 6.07) is 36.5. The number of hydrogen-bond donors (Lipinski definition) is 3. The monoisotopic (exact) mass is 634 g/mol. The largest absolute Gasteiger partial charge is 0.457 e. The first-order valence-electron chi connectivity index (χ1n) is 16.8. The number of imidazole rings is 2. The van der Waals surface area contributed by atoms with E-state index in [-0.39, 0.29) is 17.5 Å². The third kappa shape index (κ3) is 5.91. The summed E-state index contributed by atoms with van der Waals surface area (Å²) in [6.07, 6.45) is 8.15. The first-order chi connectivity index (χ1) is 23.6. The highest BCUT2D eigenvalue weighted by atomic mass is 16.5. The number of carbonyl (C=O) groups excluding carboxylic acids is 1. The molecule has 240 valence electrons. The molecule has 1 amide bonds. The number of aromatic nitrogens is 4. The van der Waals surface area contributed by atoms with Crippen LogP contribution in [0, 0.1) is 0 Å². The van der Waals surface area contributed by atoms with Crippen LogP contribution in [0.4, 0.5) is 0 Å². The van der Waals surface area contributed by atoms with Gasteiger partial charge >= 0.3 is 0 Å². The minimum atomic E-state index is -0.292. The number of hydrogen-bond acceptors (Lipinski definition) is 5. The lowest BCUT2D eigenvalue weighted by Crippen LogP contribution is -2.39. The Hall–Kier alpha value is -5.47. The number of aromatic amines is 2. The van der Waals surface area contributed by atoms with Crippen LogP contribution in [0.1, 0.15) is 54.5 Å². The molecule has 3 N–H and O–H groups in total. The van der Waals surface area contributed by atoms with Crippen molar-refractivity contribution in [2.45, 2.75) is 43.7 Å². The number of H-pyrrole nitrogens is 2. The highest BCUT2D eigenvalue weighted by molar-refractivity contribution is 5.79. The van der Waals surface area contributed by atoms with E-state index >= 15 is 0 Å². The number of likely N-dealkylation sites (tertiary alicyclic amines) is 1. The van der Waals surface area contributed by atoms with Crippen molar-refractivity contribution in [3.8, 4) is 34.0 Å². The molecule has 0 radical (unpaired) electrons. The maximum Gasteiger partial charge on any atom is 0.227 e. The average molecular weight is 635 g/mol. The molecule has 2 saturated heterocycles. The number of ether oxygens (including phenoxy) is 1. The number of rotatable bonds is 9. The average Bonchev–Trinajstić information content (AvgIpc) is 3.96. The Morgan fingerprint density at radius 3 is 2.35 bits per heavy atom. The number of benzene rings is 4. The SMILES string of the molecule is O=C(Cc1ccccc1)N1CCC[C@H]1c1ncc(-c2cccc(Oc3ccc(-c4cnc([C@@]5(c6ccccc6)CCCN5)[nH]4)cc3)c2)[nH]1. The summed E-state index contributed by atoms with van der Waals surface area (Å²) in [5, 5.41) is 3.71. The van der Waals surface area contributed by atoms with Crippen molar-refractivity contribution in [3.63, 3.8) is 0 Å². The van der Waals surface area contributed by atoms with E-state index in [9.17, 15) is 4.79 Å². The quantitative estimate of drug-likeness (QED) is 0.151. The van der Waals surface area contributed by atoms with Crippen molar-refractivity contribution in [1.29, 1.82) is 0 Å². The predicted octanol–water partition coefficient (Wildman–Crippen LogP) is 7.79. The van der Waals surface area contributed by atoms with E-state index in [4.69, 9.17) is 14.7 Å². The van der Waals surface area contributed by atoms with Gasteiger partial charge in [-0.25, -0.2) is 9.97 Å². The Bertz CT molecular complexity index is 1990. The van der Waals surface area contributed by atoms with Crippen LogP contribution in [0.2, 0.25) is 0 Å². The van der Waals surface area contributed by atoms with Gasteiger partial charge in [0, 0.05) is 12.1 Å². The summed E-state index contributed by atoms with van der Waals surface area (Å²) in [4.78, 5) is 31.8. The van der Waals surface area contributed by atoms with Crippen molar-refractivity contribution in [3.05, 3.63) is 144 Å². The van der Waals surface area contributed by atoms with Gasteiger partial charge in [-0.1, -0.05) is 72.8 Å². The third-order valence-electron chi connectivity index (χ3n) is 9.63. The van der Waals surface area contributed by atoms with Gasteiger partial charge in [-0.3, -0.25) is 4.79 Å². The molecular formula is C40H38N6O2.